The molecule has 0 saturated carbocycles. The third-order valence-corrected chi connectivity index (χ3v) is 3.08. The summed E-state index contributed by atoms with van der Waals surface area (Å²) in [6.45, 7) is 9.91. The van der Waals surface area contributed by atoms with Crippen LogP contribution in [0.25, 0.3) is 0 Å². The number of nitro groups is 1. The van der Waals surface area contributed by atoms with Crippen LogP contribution in [0.4, 0.5) is 11.4 Å². The Hall–Kier alpha value is -1.62. The first-order chi connectivity index (χ1) is 9.08. The van der Waals surface area contributed by atoms with Crippen molar-refractivity contribution in [2.45, 2.75) is 27.2 Å². The summed E-state index contributed by atoms with van der Waals surface area (Å²) in [6, 6.07) is 5.15. The van der Waals surface area contributed by atoms with Crippen molar-refractivity contribution in [3.05, 3.63) is 33.9 Å². The monoisotopic (exact) mass is 265 g/mol. The Labute approximate surface area is 114 Å². The van der Waals surface area contributed by atoms with Gasteiger partial charge < -0.3 is 10.2 Å². The number of hydrogen-bond acceptors (Lipinski definition) is 4. The van der Waals surface area contributed by atoms with Crippen molar-refractivity contribution < 1.29 is 4.92 Å². The Bertz CT molecular complexity index is 421. The van der Waals surface area contributed by atoms with Crippen molar-refractivity contribution in [2.75, 3.05) is 31.5 Å². The van der Waals surface area contributed by atoms with Gasteiger partial charge in [-0.3, -0.25) is 10.1 Å². The number of nitro benzene ring substituents is 1. The van der Waals surface area contributed by atoms with Crippen LogP contribution >= 0.6 is 0 Å². The van der Waals surface area contributed by atoms with Crippen LogP contribution in [0.3, 0.4) is 0 Å². The molecule has 0 aromatic heterocycles. The Balaban J connectivity index is 2.61. The Morgan fingerprint density at radius 1 is 1.32 bits per heavy atom. The van der Waals surface area contributed by atoms with Crippen LogP contribution in [0.2, 0.25) is 0 Å². The number of nitrogens with zero attached hydrogens (tertiary/aromatic N) is 2. The van der Waals surface area contributed by atoms with Gasteiger partial charge in [-0.15, -0.1) is 0 Å². The van der Waals surface area contributed by atoms with Crippen LogP contribution in [-0.4, -0.2) is 36.0 Å². The molecule has 0 unspecified atom stereocenters. The summed E-state index contributed by atoms with van der Waals surface area (Å²) in [7, 11) is 0. The van der Waals surface area contributed by atoms with E-state index < -0.39 is 0 Å². The highest BCUT2D eigenvalue weighted by molar-refractivity contribution is 5.62. The summed E-state index contributed by atoms with van der Waals surface area (Å²) in [5.41, 5.74) is 1.77. The van der Waals surface area contributed by atoms with Gasteiger partial charge in [0.2, 0.25) is 0 Å². The molecule has 0 fully saturated rings. The number of aryl methyl sites for hydroxylation is 1. The molecule has 0 saturated heterocycles. The molecule has 0 spiro atoms. The minimum Gasteiger partial charge on any atom is -0.378 e. The molecule has 1 aromatic rings. The molecule has 19 heavy (non-hydrogen) atoms. The maximum atomic E-state index is 10.9. The summed E-state index contributed by atoms with van der Waals surface area (Å²) < 4.78 is 0. The Kier molecular flexibility index (Phi) is 6.29. The highest BCUT2D eigenvalue weighted by Crippen LogP contribution is 2.24. The molecular formula is C14H23N3O2. The van der Waals surface area contributed by atoms with E-state index in [4.69, 9.17) is 0 Å². The first-order valence-corrected chi connectivity index (χ1v) is 6.79. The van der Waals surface area contributed by atoms with E-state index in [-0.39, 0.29) is 10.6 Å². The fourth-order valence-electron chi connectivity index (χ4n) is 2.04. The van der Waals surface area contributed by atoms with Crippen molar-refractivity contribution >= 4 is 11.4 Å². The average molecular weight is 265 g/mol. The molecule has 5 heteroatoms. The Morgan fingerprint density at radius 3 is 2.63 bits per heavy atom. The van der Waals surface area contributed by atoms with E-state index in [9.17, 15) is 10.1 Å². The van der Waals surface area contributed by atoms with E-state index in [0.717, 1.165) is 38.2 Å². The highest BCUT2D eigenvalue weighted by atomic mass is 16.6. The van der Waals surface area contributed by atoms with E-state index in [1.165, 1.54) is 0 Å². The fraction of sp³-hybridized carbons (Fsp3) is 0.571. The van der Waals surface area contributed by atoms with Crippen molar-refractivity contribution in [3.8, 4) is 0 Å². The average Bonchev–Trinajstić information content (AvgIpc) is 2.37. The zero-order valence-electron chi connectivity index (χ0n) is 12.0. The lowest BCUT2D eigenvalue weighted by molar-refractivity contribution is -0.384. The normalized spacial score (nSPS) is 10.7. The molecule has 0 radical (unpaired) electrons. The molecule has 0 aliphatic rings. The topological polar surface area (TPSA) is 58.4 Å². The lowest BCUT2D eigenvalue weighted by Crippen LogP contribution is -2.29. The van der Waals surface area contributed by atoms with Crippen LogP contribution in [-0.2, 0) is 0 Å². The SMILES string of the molecule is CCCN(CC)CCNc1cc(C)ccc1[N+](=O)[O-]. The molecule has 1 aromatic carbocycles. The molecule has 1 N–H and O–H groups in total. The molecule has 106 valence electrons. The van der Waals surface area contributed by atoms with Gasteiger partial charge >= 0.3 is 0 Å². The second kappa shape index (κ2) is 7.74. The van der Waals surface area contributed by atoms with Crippen molar-refractivity contribution in [3.63, 3.8) is 0 Å². The standard InChI is InChI=1S/C14H23N3O2/c1-4-9-16(5-2)10-8-15-13-11-12(3)6-7-14(13)17(18)19/h6-7,11,15H,4-5,8-10H2,1-3H3. The maximum absolute atomic E-state index is 10.9. The first-order valence-electron chi connectivity index (χ1n) is 6.79. The summed E-state index contributed by atoms with van der Waals surface area (Å²) in [4.78, 5) is 12.9. The molecule has 1 rings (SSSR count). The van der Waals surface area contributed by atoms with E-state index in [1.54, 1.807) is 12.1 Å². The Morgan fingerprint density at radius 2 is 2.05 bits per heavy atom. The van der Waals surface area contributed by atoms with Gasteiger partial charge in [-0.1, -0.05) is 19.9 Å². The fourth-order valence-corrected chi connectivity index (χ4v) is 2.04. The van der Waals surface area contributed by atoms with Crippen LogP contribution in [0, 0.1) is 17.0 Å². The molecule has 0 amide bonds. The largest absolute Gasteiger partial charge is 0.378 e. The number of rotatable bonds is 8. The highest BCUT2D eigenvalue weighted by Gasteiger charge is 2.13. The molecular weight excluding hydrogens is 242 g/mol. The minimum atomic E-state index is -0.342. The van der Waals surface area contributed by atoms with Gasteiger partial charge in [-0.2, -0.15) is 0 Å². The maximum Gasteiger partial charge on any atom is 0.292 e. The van der Waals surface area contributed by atoms with Crippen molar-refractivity contribution in [1.29, 1.82) is 0 Å². The van der Waals surface area contributed by atoms with Crippen LogP contribution in [0.15, 0.2) is 18.2 Å². The number of anilines is 1. The van der Waals surface area contributed by atoms with Crippen molar-refractivity contribution in [2.24, 2.45) is 0 Å². The zero-order valence-corrected chi connectivity index (χ0v) is 12.0. The van der Waals surface area contributed by atoms with Crippen molar-refractivity contribution in [1.82, 2.24) is 4.90 Å². The summed E-state index contributed by atoms with van der Waals surface area (Å²) in [6.07, 6.45) is 1.12. The lowest BCUT2D eigenvalue weighted by Gasteiger charge is -2.19. The van der Waals surface area contributed by atoms with Crippen LogP contribution < -0.4 is 5.32 Å². The van der Waals surface area contributed by atoms with Gasteiger partial charge in [0.25, 0.3) is 5.69 Å². The molecule has 0 atom stereocenters. The third kappa shape index (κ3) is 4.87. The quantitative estimate of drug-likeness (QED) is 0.579. The number of hydrogen-bond donors (Lipinski definition) is 1. The van der Waals surface area contributed by atoms with Gasteiger partial charge in [0.1, 0.15) is 5.69 Å². The smallest absolute Gasteiger partial charge is 0.292 e. The molecule has 0 bridgehead atoms. The van der Waals surface area contributed by atoms with E-state index in [1.807, 2.05) is 13.0 Å². The van der Waals surface area contributed by atoms with Gasteiger partial charge in [-0.25, -0.2) is 0 Å². The first kappa shape index (κ1) is 15.4. The number of nitrogens with one attached hydrogen (secondary N) is 1. The zero-order chi connectivity index (χ0) is 14.3. The van der Waals surface area contributed by atoms with Crippen LogP contribution in [0.1, 0.15) is 25.8 Å². The molecule has 0 heterocycles. The predicted molar refractivity (Wildman–Crippen MR) is 78.7 cm³/mol. The third-order valence-electron chi connectivity index (χ3n) is 3.08. The lowest BCUT2D eigenvalue weighted by atomic mass is 10.2. The number of benzene rings is 1. The second-order valence-corrected chi connectivity index (χ2v) is 4.64. The van der Waals surface area contributed by atoms with Gasteiger partial charge in [0, 0.05) is 19.2 Å². The van der Waals surface area contributed by atoms with Gasteiger partial charge in [0.05, 0.1) is 4.92 Å². The van der Waals surface area contributed by atoms with E-state index in [0.29, 0.717) is 5.69 Å². The minimum absolute atomic E-state index is 0.143. The van der Waals surface area contributed by atoms with Gasteiger partial charge in [0.15, 0.2) is 0 Å². The van der Waals surface area contributed by atoms with Crippen LogP contribution in [0.5, 0.6) is 0 Å². The van der Waals surface area contributed by atoms with E-state index >= 15 is 0 Å². The van der Waals surface area contributed by atoms with E-state index in [2.05, 4.69) is 24.1 Å². The summed E-state index contributed by atoms with van der Waals surface area (Å²) in [5.74, 6) is 0. The van der Waals surface area contributed by atoms with Gasteiger partial charge in [-0.05, 0) is 38.1 Å². The number of likely N-dealkylation sites (N-methyl/N-ethyl adjacent to an activating group) is 1. The molecule has 0 aliphatic carbocycles. The molecule has 5 nitrogen and oxygen atoms in total. The molecule has 0 aliphatic heterocycles. The predicted octanol–water partition coefficient (Wildman–Crippen LogP) is 3.05. The second-order valence-electron chi connectivity index (χ2n) is 4.64. The summed E-state index contributed by atoms with van der Waals surface area (Å²) in [5, 5.41) is 14.1. The summed E-state index contributed by atoms with van der Waals surface area (Å²) >= 11 is 0.